The molecule has 1 unspecified atom stereocenters. The number of phosphoric acid groups is 1. The molecule has 0 aromatic carbocycles. The van der Waals surface area contributed by atoms with Gasteiger partial charge in [0.1, 0.15) is 0 Å². The van der Waals surface area contributed by atoms with E-state index >= 15 is 0 Å². The van der Waals surface area contributed by atoms with Crippen LogP contribution in [0.2, 0.25) is 0 Å². The monoisotopic (exact) mass is 434 g/mol. The second kappa shape index (κ2) is 17.7. The van der Waals surface area contributed by atoms with Crippen LogP contribution in [0.25, 0.3) is 0 Å². The Morgan fingerprint density at radius 2 is 1.14 bits per heavy atom. The van der Waals surface area contributed by atoms with E-state index in [0.29, 0.717) is 13.0 Å². The third-order valence-electron chi connectivity index (χ3n) is 4.46. The van der Waals surface area contributed by atoms with E-state index < -0.39 is 20.4 Å². The molecule has 0 bridgehead atoms. The second-order valence-corrected chi connectivity index (χ2v) is 8.62. The summed E-state index contributed by atoms with van der Waals surface area (Å²) in [5, 5.41) is 0. The average Bonchev–Trinajstić information content (AvgIpc) is 2.62. The Morgan fingerprint density at radius 3 is 1.57 bits per heavy atom. The number of unbranched alkanes of at least 4 members (excludes halogenated alkanes) is 12. The molecule has 0 aromatic heterocycles. The largest absolute Gasteiger partial charge is 0.471 e. The van der Waals surface area contributed by atoms with Crippen LogP contribution in [-0.2, 0) is 18.3 Å². The first-order valence-corrected chi connectivity index (χ1v) is 11.9. The van der Waals surface area contributed by atoms with Crippen LogP contribution >= 0.6 is 7.82 Å². The number of phosphoric ester groups is 1. The molecule has 0 aliphatic heterocycles. The predicted molar refractivity (Wildman–Crippen MR) is 104 cm³/mol. The van der Waals surface area contributed by atoms with Crippen LogP contribution in [0.15, 0.2) is 0 Å². The molecule has 9 heteroatoms. The van der Waals surface area contributed by atoms with Crippen molar-refractivity contribution in [3.63, 3.8) is 0 Å². The maximum Gasteiger partial charge on any atom is 0.471 e. The lowest BCUT2D eigenvalue weighted by molar-refractivity contribution is -0.135. The number of hydrogen-bond donors (Lipinski definition) is 1. The van der Waals surface area contributed by atoms with Crippen LogP contribution in [0.4, 0.5) is 13.2 Å². The molecular formula is C19H38F3O5P. The van der Waals surface area contributed by atoms with E-state index in [1.165, 1.54) is 38.5 Å². The van der Waals surface area contributed by atoms with Gasteiger partial charge in [0.05, 0.1) is 13.2 Å². The maximum absolute atomic E-state index is 12.0. The van der Waals surface area contributed by atoms with Gasteiger partial charge in [-0.05, 0) is 12.8 Å². The van der Waals surface area contributed by atoms with E-state index in [1.807, 2.05) is 0 Å². The van der Waals surface area contributed by atoms with Gasteiger partial charge in [-0.1, -0.05) is 70.6 Å². The fraction of sp³-hybridized carbons (Fsp3) is 1.00. The quantitative estimate of drug-likeness (QED) is 0.169. The van der Waals surface area contributed by atoms with Gasteiger partial charge in [0.25, 0.3) is 0 Å². The van der Waals surface area contributed by atoms with Crippen molar-refractivity contribution in [2.75, 3.05) is 26.9 Å². The zero-order chi connectivity index (χ0) is 21.1. The van der Waals surface area contributed by atoms with Gasteiger partial charge in [-0.2, -0.15) is 13.2 Å². The third kappa shape index (κ3) is 22.2. The van der Waals surface area contributed by atoms with Crippen LogP contribution in [0, 0.1) is 0 Å². The summed E-state index contributed by atoms with van der Waals surface area (Å²) in [4.78, 5) is 9.00. The highest BCUT2D eigenvalue weighted by atomic mass is 31.2. The minimum atomic E-state index is -4.00. The summed E-state index contributed by atoms with van der Waals surface area (Å²) in [5.74, 6) is 0. The van der Waals surface area contributed by atoms with Gasteiger partial charge in [0, 0.05) is 20.1 Å². The SMILES string of the molecule is COP(=O)(O)OCCOCCCCCCCCCCCCCCCC(F)(F)F. The van der Waals surface area contributed by atoms with Crippen molar-refractivity contribution in [3.8, 4) is 0 Å². The van der Waals surface area contributed by atoms with Crippen molar-refractivity contribution in [1.82, 2.24) is 0 Å². The van der Waals surface area contributed by atoms with Gasteiger partial charge < -0.3 is 9.63 Å². The number of hydrogen-bond acceptors (Lipinski definition) is 4. The topological polar surface area (TPSA) is 65.0 Å². The van der Waals surface area contributed by atoms with Crippen molar-refractivity contribution in [2.45, 2.75) is 96.1 Å². The molecule has 0 amide bonds. The predicted octanol–water partition coefficient (Wildman–Crippen LogP) is 6.79. The molecule has 0 radical (unpaired) electrons. The van der Waals surface area contributed by atoms with Crippen LogP contribution in [0.3, 0.4) is 0 Å². The van der Waals surface area contributed by atoms with Crippen molar-refractivity contribution in [2.24, 2.45) is 0 Å². The summed E-state index contributed by atoms with van der Waals surface area (Å²) in [5.41, 5.74) is 0. The molecule has 0 saturated carbocycles. The molecule has 0 aliphatic carbocycles. The van der Waals surface area contributed by atoms with Gasteiger partial charge in [-0.25, -0.2) is 4.57 Å². The fourth-order valence-electron chi connectivity index (χ4n) is 2.84. The normalized spacial score (nSPS) is 14.3. The molecule has 5 nitrogen and oxygen atoms in total. The van der Waals surface area contributed by atoms with Gasteiger partial charge >= 0.3 is 14.0 Å². The molecule has 0 aromatic rings. The van der Waals surface area contributed by atoms with Crippen molar-refractivity contribution < 1.29 is 36.4 Å². The summed E-state index contributed by atoms with van der Waals surface area (Å²) in [6.45, 7) is 0.931. The van der Waals surface area contributed by atoms with Crippen molar-refractivity contribution in [3.05, 3.63) is 0 Å². The average molecular weight is 434 g/mol. The first-order chi connectivity index (χ1) is 13.3. The zero-order valence-corrected chi connectivity index (χ0v) is 18.1. The maximum atomic E-state index is 12.0. The van der Waals surface area contributed by atoms with Crippen LogP contribution in [0.5, 0.6) is 0 Å². The zero-order valence-electron chi connectivity index (χ0n) is 17.2. The number of ether oxygens (including phenoxy) is 1. The van der Waals surface area contributed by atoms with Crippen molar-refractivity contribution >= 4 is 7.82 Å². The van der Waals surface area contributed by atoms with Gasteiger partial charge in [-0.15, -0.1) is 0 Å². The van der Waals surface area contributed by atoms with Gasteiger partial charge in [0.2, 0.25) is 0 Å². The van der Waals surface area contributed by atoms with E-state index in [0.717, 1.165) is 39.2 Å². The van der Waals surface area contributed by atoms with Crippen LogP contribution < -0.4 is 0 Å². The van der Waals surface area contributed by atoms with Crippen LogP contribution in [0.1, 0.15) is 89.9 Å². The first kappa shape index (κ1) is 27.9. The molecule has 0 rings (SSSR count). The highest BCUT2D eigenvalue weighted by Gasteiger charge is 2.25. The second-order valence-electron chi connectivity index (χ2n) is 7.06. The van der Waals surface area contributed by atoms with E-state index in [9.17, 15) is 17.7 Å². The molecular weight excluding hydrogens is 396 g/mol. The van der Waals surface area contributed by atoms with E-state index in [1.54, 1.807) is 0 Å². The summed E-state index contributed by atoms with van der Waals surface area (Å²) in [6, 6.07) is 0. The molecule has 0 saturated heterocycles. The highest BCUT2D eigenvalue weighted by Crippen LogP contribution is 2.41. The van der Waals surface area contributed by atoms with E-state index in [4.69, 9.17) is 9.63 Å². The molecule has 1 N–H and O–H groups in total. The van der Waals surface area contributed by atoms with Gasteiger partial charge in [-0.3, -0.25) is 9.05 Å². The lowest BCUT2D eigenvalue weighted by atomic mass is 10.0. The summed E-state index contributed by atoms with van der Waals surface area (Å²) in [6.07, 6.45) is 8.69. The minimum Gasteiger partial charge on any atom is -0.379 e. The minimum absolute atomic E-state index is 0.0369. The van der Waals surface area contributed by atoms with E-state index in [2.05, 4.69) is 9.05 Å². The Bertz CT molecular complexity index is 394. The number of rotatable bonds is 20. The first-order valence-electron chi connectivity index (χ1n) is 10.4. The highest BCUT2D eigenvalue weighted by molar-refractivity contribution is 7.47. The Morgan fingerprint density at radius 1 is 0.714 bits per heavy atom. The Labute approximate surface area is 167 Å². The lowest BCUT2D eigenvalue weighted by Gasteiger charge is -2.09. The summed E-state index contributed by atoms with van der Waals surface area (Å²) < 4.78 is 61.2. The summed E-state index contributed by atoms with van der Waals surface area (Å²) in [7, 11) is -2.77. The Kier molecular flexibility index (Phi) is 17.6. The molecule has 0 fully saturated rings. The lowest BCUT2D eigenvalue weighted by Crippen LogP contribution is -2.06. The van der Waals surface area contributed by atoms with Gasteiger partial charge in [0.15, 0.2) is 0 Å². The molecule has 0 aliphatic rings. The van der Waals surface area contributed by atoms with Crippen molar-refractivity contribution in [1.29, 1.82) is 0 Å². The molecule has 0 heterocycles. The standard InChI is InChI=1S/C19H38F3O5P/c1-25-28(23,24)27-18-17-26-16-14-12-10-8-6-4-2-3-5-7-9-11-13-15-19(20,21)22/h2-18H2,1H3,(H,23,24). The van der Waals surface area contributed by atoms with Crippen LogP contribution in [-0.4, -0.2) is 38.0 Å². The molecule has 0 spiro atoms. The third-order valence-corrected chi connectivity index (χ3v) is 5.43. The Hall–Kier alpha value is -0.140. The van der Waals surface area contributed by atoms with E-state index in [-0.39, 0.29) is 19.6 Å². The smallest absolute Gasteiger partial charge is 0.379 e. The summed E-state index contributed by atoms with van der Waals surface area (Å²) >= 11 is 0. The molecule has 170 valence electrons. The molecule has 28 heavy (non-hydrogen) atoms. The fourth-order valence-corrected chi connectivity index (χ4v) is 3.25. The molecule has 1 atom stereocenters. The number of alkyl halides is 3. The Balaban J connectivity index is 3.12. The number of halogens is 3.